The summed E-state index contributed by atoms with van der Waals surface area (Å²) in [6, 6.07) is 15.2. The molecule has 0 radical (unpaired) electrons. The summed E-state index contributed by atoms with van der Waals surface area (Å²) in [6.07, 6.45) is 1.80. The minimum Gasteiger partial charge on any atom is -0.497 e. The first-order valence-electron chi connectivity index (χ1n) is 9.85. The molecule has 0 spiro atoms. The number of benzene rings is 2. The number of methoxy groups -OCH3 is 1. The number of rotatable bonds is 6. The van der Waals surface area contributed by atoms with E-state index in [4.69, 9.17) is 4.74 Å². The van der Waals surface area contributed by atoms with Crippen molar-refractivity contribution in [2.24, 2.45) is 5.92 Å². The van der Waals surface area contributed by atoms with Crippen LogP contribution in [0.4, 0.5) is 5.69 Å². The number of hydrogen-bond donors (Lipinski definition) is 1. The Morgan fingerprint density at radius 2 is 1.82 bits per heavy atom. The number of aryl methyl sites for hydroxylation is 1. The topological polar surface area (TPSA) is 58.6 Å². The van der Waals surface area contributed by atoms with Crippen LogP contribution < -0.4 is 15.0 Å². The molecule has 28 heavy (non-hydrogen) atoms. The number of piperidine rings is 1. The van der Waals surface area contributed by atoms with E-state index in [1.807, 2.05) is 62.4 Å². The molecule has 0 saturated carbocycles. The van der Waals surface area contributed by atoms with Crippen LogP contribution in [-0.4, -0.2) is 25.5 Å². The molecular weight excluding hydrogens is 352 g/mol. The molecule has 0 aliphatic carbocycles. The molecule has 3 rings (SSSR count). The van der Waals surface area contributed by atoms with Crippen molar-refractivity contribution in [1.29, 1.82) is 0 Å². The average Bonchev–Trinajstić information content (AvgIpc) is 2.72. The molecule has 148 valence electrons. The maximum atomic E-state index is 12.9. The number of amides is 2. The number of nitrogens with one attached hydrogen (secondary N) is 1. The summed E-state index contributed by atoms with van der Waals surface area (Å²) in [7, 11) is 1.62. The highest BCUT2D eigenvalue weighted by atomic mass is 16.5. The smallest absolute Gasteiger partial charge is 0.227 e. The van der Waals surface area contributed by atoms with Gasteiger partial charge in [-0.25, -0.2) is 0 Å². The summed E-state index contributed by atoms with van der Waals surface area (Å²) in [4.78, 5) is 27.7. The molecule has 1 N–H and O–H groups in total. The van der Waals surface area contributed by atoms with Crippen molar-refractivity contribution in [2.75, 3.05) is 18.6 Å². The minimum absolute atomic E-state index is 0.00674. The Kier molecular flexibility index (Phi) is 6.34. The van der Waals surface area contributed by atoms with Gasteiger partial charge in [-0.05, 0) is 49.6 Å². The predicted molar refractivity (Wildman–Crippen MR) is 110 cm³/mol. The third-order valence-corrected chi connectivity index (χ3v) is 5.25. The Morgan fingerprint density at radius 3 is 2.43 bits per heavy atom. The van der Waals surface area contributed by atoms with Crippen LogP contribution >= 0.6 is 0 Å². The Labute approximate surface area is 166 Å². The second-order valence-electron chi connectivity index (χ2n) is 7.25. The molecule has 1 aliphatic heterocycles. The van der Waals surface area contributed by atoms with Gasteiger partial charge in [-0.2, -0.15) is 0 Å². The van der Waals surface area contributed by atoms with Gasteiger partial charge in [-0.3, -0.25) is 9.59 Å². The lowest BCUT2D eigenvalue weighted by atomic mass is 9.83. The average molecular weight is 380 g/mol. The molecule has 2 unspecified atom stereocenters. The van der Waals surface area contributed by atoms with Crippen LogP contribution in [0, 0.1) is 12.8 Å². The third kappa shape index (κ3) is 4.19. The standard InChI is InChI=1S/C23H28N2O3/c1-4-15-24-23(27)20-13-14-21(26)25(18-9-5-16(2)6-10-18)22(20)17-7-11-19(28-3)12-8-17/h5-12,20,22H,4,13-15H2,1-3H3,(H,24,27). The van der Waals surface area contributed by atoms with E-state index in [-0.39, 0.29) is 23.8 Å². The van der Waals surface area contributed by atoms with E-state index in [0.717, 1.165) is 29.0 Å². The molecule has 2 amide bonds. The normalized spacial score (nSPS) is 19.4. The largest absolute Gasteiger partial charge is 0.497 e. The quantitative estimate of drug-likeness (QED) is 0.824. The third-order valence-electron chi connectivity index (χ3n) is 5.25. The molecular formula is C23H28N2O3. The molecule has 5 nitrogen and oxygen atoms in total. The zero-order valence-electron chi connectivity index (χ0n) is 16.8. The van der Waals surface area contributed by atoms with Gasteiger partial charge in [0.1, 0.15) is 5.75 Å². The maximum Gasteiger partial charge on any atom is 0.227 e. The lowest BCUT2D eigenvalue weighted by molar-refractivity contribution is -0.129. The van der Waals surface area contributed by atoms with Crippen molar-refractivity contribution in [2.45, 2.75) is 39.2 Å². The van der Waals surface area contributed by atoms with Gasteiger partial charge < -0.3 is 15.0 Å². The van der Waals surface area contributed by atoms with E-state index in [1.165, 1.54) is 0 Å². The molecule has 1 saturated heterocycles. The summed E-state index contributed by atoms with van der Waals surface area (Å²) in [5.41, 5.74) is 2.89. The fraction of sp³-hybridized carbons (Fsp3) is 0.391. The molecule has 1 fully saturated rings. The van der Waals surface area contributed by atoms with Crippen LogP contribution in [0.3, 0.4) is 0 Å². The fourth-order valence-corrected chi connectivity index (χ4v) is 3.74. The van der Waals surface area contributed by atoms with Crippen LogP contribution in [0.1, 0.15) is 43.4 Å². The molecule has 2 aromatic rings. The van der Waals surface area contributed by atoms with Crippen molar-refractivity contribution in [3.63, 3.8) is 0 Å². The zero-order chi connectivity index (χ0) is 20.1. The van der Waals surface area contributed by atoms with E-state index >= 15 is 0 Å². The van der Waals surface area contributed by atoms with Crippen molar-refractivity contribution in [1.82, 2.24) is 5.32 Å². The molecule has 0 aromatic heterocycles. The summed E-state index contributed by atoms with van der Waals surface area (Å²) in [5, 5.41) is 3.02. The van der Waals surface area contributed by atoms with Gasteiger partial charge in [-0.1, -0.05) is 36.8 Å². The van der Waals surface area contributed by atoms with Crippen LogP contribution in [0.25, 0.3) is 0 Å². The van der Waals surface area contributed by atoms with E-state index < -0.39 is 0 Å². The second-order valence-corrected chi connectivity index (χ2v) is 7.25. The lowest BCUT2D eigenvalue weighted by Gasteiger charge is -2.41. The number of carbonyl (C=O) groups excluding carboxylic acids is 2. The molecule has 2 aromatic carbocycles. The Bertz CT molecular complexity index is 815. The van der Waals surface area contributed by atoms with Gasteiger partial charge >= 0.3 is 0 Å². The van der Waals surface area contributed by atoms with Gasteiger partial charge in [-0.15, -0.1) is 0 Å². The van der Waals surface area contributed by atoms with E-state index in [0.29, 0.717) is 19.4 Å². The number of hydrogen-bond acceptors (Lipinski definition) is 3. The highest BCUT2D eigenvalue weighted by Crippen LogP contribution is 2.40. The second kappa shape index (κ2) is 8.91. The van der Waals surface area contributed by atoms with Crippen LogP contribution in [-0.2, 0) is 9.59 Å². The molecule has 1 heterocycles. The van der Waals surface area contributed by atoms with Crippen molar-refractivity contribution in [3.05, 3.63) is 59.7 Å². The van der Waals surface area contributed by atoms with Crippen LogP contribution in [0.2, 0.25) is 0 Å². The molecule has 5 heteroatoms. The SMILES string of the molecule is CCCNC(=O)C1CCC(=O)N(c2ccc(C)cc2)C1c1ccc(OC)cc1. The number of carbonyl (C=O) groups is 2. The zero-order valence-corrected chi connectivity index (χ0v) is 16.8. The lowest BCUT2D eigenvalue weighted by Crippen LogP contribution is -2.48. The maximum absolute atomic E-state index is 12.9. The van der Waals surface area contributed by atoms with Gasteiger partial charge in [0.05, 0.1) is 19.1 Å². The minimum atomic E-state index is -0.341. The first-order valence-corrected chi connectivity index (χ1v) is 9.85. The summed E-state index contributed by atoms with van der Waals surface area (Å²) >= 11 is 0. The van der Waals surface area contributed by atoms with E-state index in [9.17, 15) is 9.59 Å². The van der Waals surface area contributed by atoms with Gasteiger partial charge in [0.2, 0.25) is 11.8 Å². The monoisotopic (exact) mass is 380 g/mol. The fourth-order valence-electron chi connectivity index (χ4n) is 3.74. The van der Waals surface area contributed by atoms with Crippen LogP contribution in [0.5, 0.6) is 5.75 Å². The summed E-state index contributed by atoms with van der Waals surface area (Å²) in [6.45, 7) is 4.69. The van der Waals surface area contributed by atoms with Crippen molar-refractivity contribution < 1.29 is 14.3 Å². The highest BCUT2D eigenvalue weighted by molar-refractivity contribution is 5.97. The summed E-state index contributed by atoms with van der Waals surface area (Å²) < 4.78 is 5.27. The van der Waals surface area contributed by atoms with Crippen molar-refractivity contribution >= 4 is 17.5 Å². The summed E-state index contributed by atoms with van der Waals surface area (Å²) in [5.74, 6) is 0.509. The van der Waals surface area contributed by atoms with E-state index in [2.05, 4.69) is 5.32 Å². The first-order chi connectivity index (χ1) is 13.5. The van der Waals surface area contributed by atoms with Gasteiger partial charge in [0.15, 0.2) is 0 Å². The Balaban J connectivity index is 2.03. The number of nitrogens with zero attached hydrogens (tertiary/aromatic N) is 1. The van der Waals surface area contributed by atoms with Crippen LogP contribution in [0.15, 0.2) is 48.5 Å². The van der Waals surface area contributed by atoms with E-state index in [1.54, 1.807) is 12.0 Å². The number of ether oxygens (including phenoxy) is 1. The van der Waals surface area contributed by atoms with Gasteiger partial charge in [0.25, 0.3) is 0 Å². The number of anilines is 1. The van der Waals surface area contributed by atoms with Crippen molar-refractivity contribution in [3.8, 4) is 5.75 Å². The Morgan fingerprint density at radius 1 is 1.14 bits per heavy atom. The molecule has 1 aliphatic rings. The first kappa shape index (κ1) is 19.9. The Hall–Kier alpha value is -2.82. The highest BCUT2D eigenvalue weighted by Gasteiger charge is 2.41. The molecule has 2 atom stereocenters. The predicted octanol–water partition coefficient (Wildman–Crippen LogP) is 4.01. The van der Waals surface area contributed by atoms with Gasteiger partial charge in [0, 0.05) is 18.7 Å². The molecule has 0 bridgehead atoms.